The smallest absolute Gasteiger partial charge is 0.308 e. The van der Waals surface area contributed by atoms with Crippen LogP contribution in [0.15, 0.2) is 0 Å². The number of carboxylic acid groups (broad SMARTS) is 1. The Morgan fingerprint density at radius 1 is 1.29 bits per heavy atom. The molecule has 2 bridgehead atoms. The molecule has 2 fully saturated rings. The summed E-state index contributed by atoms with van der Waals surface area (Å²) in [5.41, 5.74) is 0. The summed E-state index contributed by atoms with van der Waals surface area (Å²) in [6.07, 6.45) is 5.63. The van der Waals surface area contributed by atoms with Gasteiger partial charge in [-0.2, -0.15) is 0 Å². The van der Waals surface area contributed by atoms with Gasteiger partial charge >= 0.3 is 5.97 Å². The Morgan fingerprint density at radius 2 is 2.00 bits per heavy atom. The van der Waals surface area contributed by atoms with Gasteiger partial charge in [0.2, 0.25) is 0 Å². The van der Waals surface area contributed by atoms with E-state index < -0.39 is 5.97 Å². The largest absolute Gasteiger partial charge is 0.481 e. The molecule has 0 aromatic rings. The molecule has 2 aliphatic rings. The van der Waals surface area contributed by atoms with Crippen molar-refractivity contribution in [3.8, 4) is 0 Å². The fourth-order valence-corrected chi connectivity index (χ4v) is 3.71. The molecule has 0 spiro atoms. The average molecular weight is 239 g/mol. The van der Waals surface area contributed by atoms with E-state index in [1.165, 1.54) is 19.3 Å². The van der Waals surface area contributed by atoms with Crippen LogP contribution in [0.4, 0.5) is 0 Å². The Labute approximate surface area is 104 Å². The molecule has 2 saturated heterocycles. The Morgan fingerprint density at radius 3 is 2.53 bits per heavy atom. The van der Waals surface area contributed by atoms with E-state index in [9.17, 15) is 9.90 Å². The number of aliphatic carboxylic acids is 1. The van der Waals surface area contributed by atoms with Gasteiger partial charge in [0.1, 0.15) is 0 Å². The van der Waals surface area contributed by atoms with Crippen LogP contribution in [-0.4, -0.2) is 34.1 Å². The molecule has 0 aromatic carbocycles. The van der Waals surface area contributed by atoms with Crippen molar-refractivity contribution in [1.29, 1.82) is 0 Å². The van der Waals surface area contributed by atoms with Crippen LogP contribution in [0, 0.1) is 11.8 Å². The van der Waals surface area contributed by atoms with Crippen LogP contribution in [0.3, 0.4) is 0 Å². The number of fused-ring (bicyclic) bond motifs is 2. The van der Waals surface area contributed by atoms with E-state index in [0.29, 0.717) is 18.1 Å². The van der Waals surface area contributed by atoms with E-state index in [0.717, 1.165) is 18.8 Å². The van der Waals surface area contributed by atoms with Gasteiger partial charge in [-0.1, -0.05) is 13.8 Å². The Balaban J connectivity index is 1.95. The predicted molar refractivity (Wildman–Crippen MR) is 67.9 cm³/mol. The minimum Gasteiger partial charge on any atom is -0.481 e. The van der Waals surface area contributed by atoms with Crippen LogP contribution in [0.2, 0.25) is 0 Å². The van der Waals surface area contributed by atoms with Crippen LogP contribution in [0.25, 0.3) is 0 Å². The second kappa shape index (κ2) is 4.97. The number of carbonyl (C=O) groups is 1. The summed E-state index contributed by atoms with van der Waals surface area (Å²) in [6.45, 7) is 6.79. The maximum absolute atomic E-state index is 11.2. The van der Waals surface area contributed by atoms with Gasteiger partial charge in [0.15, 0.2) is 0 Å². The highest BCUT2D eigenvalue weighted by molar-refractivity contribution is 5.71. The second-order valence-corrected chi connectivity index (χ2v) is 6.25. The molecule has 0 radical (unpaired) electrons. The first-order chi connectivity index (χ1) is 8.00. The zero-order valence-electron chi connectivity index (χ0n) is 11.2. The summed E-state index contributed by atoms with van der Waals surface area (Å²) in [5, 5.41) is 9.23. The average Bonchev–Trinajstić information content (AvgIpc) is 2.82. The van der Waals surface area contributed by atoms with Gasteiger partial charge in [-0.25, -0.2) is 0 Å². The molecule has 2 aliphatic heterocycles. The number of hydrogen-bond acceptors (Lipinski definition) is 2. The highest BCUT2D eigenvalue weighted by Crippen LogP contribution is 2.43. The molecule has 0 aromatic heterocycles. The van der Waals surface area contributed by atoms with Crippen molar-refractivity contribution in [2.75, 3.05) is 0 Å². The molecule has 0 amide bonds. The number of rotatable bonds is 5. The Hall–Kier alpha value is -0.570. The molecular formula is C14H25NO2. The third-order valence-corrected chi connectivity index (χ3v) is 4.58. The topological polar surface area (TPSA) is 40.5 Å². The van der Waals surface area contributed by atoms with Gasteiger partial charge < -0.3 is 5.11 Å². The summed E-state index contributed by atoms with van der Waals surface area (Å²) < 4.78 is 0. The lowest BCUT2D eigenvalue weighted by molar-refractivity contribution is -0.142. The van der Waals surface area contributed by atoms with Crippen molar-refractivity contribution in [1.82, 2.24) is 4.90 Å². The van der Waals surface area contributed by atoms with Crippen LogP contribution in [0.1, 0.15) is 52.9 Å². The maximum atomic E-state index is 11.2. The first-order valence-corrected chi connectivity index (χ1v) is 7.01. The van der Waals surface area contributed by atoms with Gasteiger partial charge in [0.05, 0.1) is 5.92 Å². The first-order valence-electron chi connectivity index (χ1n) is 7.01. The molecule has 2 heterocycles. The van der Waals surface area contributed by atoms with Crippen LogP contribution < -0.4 is 0 Å². The Bertz CT molecular complexity index is 290. The SMILES string of the molecule is CC(C)CCC(C)N1C2CCC1C(C(=O)O)C2. The van der Waals surface area contributed by atoms with Crippen molar-refractivity contribution in [3.05, 3.63) is 0 Å². The molecule has 17 heavy (non-hydrogen) atoms. The zero-order valence-corrected chi connectivity index (χ0v) is 11.2. The van der Waals surface area contributed by atoms with E-state index in [2.05, 4.69) is 25.7 Å². The van der Waals surface area contributed by atoms with E-state index in [-0.39, 0.29) is 5.92 Å². The van der Waals surface area contributed by atoms with E-state index in [1.54, 1.807) is 0 Å². The van der Waals surface area contributed by atoms with Gasteiger partial charge in [-0.3, -0.25) is 9.69 Å². The summed E-state index contributed by atoms with van der Waals surface area (Å²) in [4.78, 5) is 13.7. The lowest BCUT2D eigenvalue weighted by Gasteiger charge is -2.30. The highest BCUT2D eigenvalue weighted by Gasteiger charge is 2.50. The monoisotopic (exact) mass is 239 g/mol. The van der Waals surface area contributed by atoms with Crippen LogP contribution >= 0.6 is 0 Å². The minimum atomic E-state index is -0.585. The normalized spacial score (nSPS) is 34.5. The molecule has 98 valence electrons. The van der Waals surface area contributed by atoms with Crippen LogP contribution in [-0.2, 0) is 4.79 Å². The number of carboxylic acids is 1. The maximum Gasteiger partial charge on any atom is 0.308 e. The molecule has 0 aliphatic carbocycles. The lowest BCUT2D eigenvalue weighted by Crippen LogP contribution is -2.39. The quantitative estimate of drug-likeness (QED) is 0.802. The van der Waals surface area contributed by atoms with Crippen LogP contribution in [0.5, 0.6) is 0 Å². The lowest BCUT2D eigenvalue weighted by atomic mass is 9.89. The molecule has 0 saturated carbocycles. The summed E-state index contributed by atoms with van der Waals surface area (Å²) in [7, 11) is 0. The molecule has 4 unspecified atom stereocenters. The highest BCUT2D eigenvalue weighted by atomic mass is 16.4. The minimum absolute atomic E-state index is 0.102. The molecule has 3 heteroatoms. The second-order valence-electron chi connectivity index (χ2n) is 6.25. The summed E-state index contributed by atoms with van der Waals surface area (Å²) >= 11 is 0. The molecule has 4 atom stereocenters. The molecule has 3 nitrogen and oxygen atoms in total. The van der Waals surface area contributed by atoms with E-state index >= 15 is 0 Å². The zero-order chi connectivity index (χ0) is 12.6. The van der Waals surface area contributed by atoms with Crippen molar-refractivity contribution < 1.29 is 9.90 Å². The standard InChI is InChI=1S/C14H25NO2/c1-9(2)4-5-10(3)15-11-6-7-13(15)12(8-11)14(16)17/h9-13H,4-8H2,1-3H3,(H,16,17). The van der Waals surface area contributed by atoms with Gasteiger partial charge in [-0.05, 0) is 44.9 Å². The van der Waals surface area contributed by atoms with Crippen molar-refractivity contribution in [2.45, 2.75) is 71.0 Å². The fourth-order valence-electron chi connectivity index (χ4n) is 3.71. The van der Waals surface area contributed by atoms with Crippen molar-refractivity contribution >= 4 is 5.97 Å². The van der Waals surface area contributed by atoms with E-state index in [4.69, 9.17) is 0 Å². The third kappa shape index (κ3) is 2.49. The van der Waals surface area contributed by atoms with Gasteiger partial charge in [0, 0.05) is 18.1 Å². The molecular weight excluding hydrogens is 214 g/mol. The first kappa shape index (κ1) is 12.9. The van der Waals surface area contributed by atoms with Gasteiger partial charge in [0.25, 0.3) is 0 Å². The third-order valence-electron chi connectivity index (χ3n) is 4.58. The molecule has 2 rings (SSSR count). The van der Waals surface area contributed by atoms with Crippen molar-refractivity contribution in [3.63, 3.8) is 0 Å². The Kier molecular flexibility index (Phi) is 3.76. The van der Waals surface area contributed by atoms with Gasteiger partial charge in [-0.15, -0.1) is 0 Å². The summed E-state index contributed by atoms with van der Waals surface area (Å²) in [6, 6.07) is 1.42. The fraction of sp³-hybridized carbons (Fsp3) is 0.929. The van der Waals surface area contributed by atoms with Crippen molar-refractivity contribution in [2.24, 2.45) is 11.8 Å². The van der Waals surface area contributed by atoms with E-state index in [1.807, 2.05) is 0 Å². The number of nitrogens with zero attached hydrogens (tertiary/aromatic N) is 1. The number of hydrogen-bond donors (Lipinski definition) is 1. The molecule has 1 N–H and O–H groups in total. The predicted octanol–water partition coefficient (Wildman–Crippen LogP) is 2.75. The summed E-state index contributed by atoms with van der Waals surface area (Å²) in [5.74, 6) is 0.0569.